The number of sulfone groups is 1. The monoisotopic (exact) mass is 336 g/mol. The second-order valence-electron chi connectivity index (χ2n) is 7.41. The number of carbonyl (C=O) groups is 1. The van der Waals surface area contributed by atoms with Crippen LogP contribution in [-0.2, 0) is 9.84 Å². The van der Waals surface area contributed by atoms with Gasteiger partial charge in [-0.25, -0.2) is 8.42 Å². The molecule has 2 atom stereocenters. The van der Waals surface area contributed by atoms with Crippen molar-refractivity contribution in [3.63, 3.8) is 0 Å². The Morgan fingerprint density at radius 3 is 2.43 bits per heavy atom. The smallest absolute Gasteiger partial charge is 0.256 e. The van der Waals surface area contributed by atoms with E-state index in [-0.39, 0.29) is 17.7 Å². The zero-order valence-electron chi connectivity index (χ0n) is 13.7. The van der Waals surface area contributed by atoms with E-state index >= 15 is 0 Å². The molecule has 1 saturated heterocycles. The molecule has 0 aromatic carbocycles. The van der Waals surface area contributed by atoms with Crippen LogP contribution in [0.2, 0.25) is 0 Å². The average molecular weight is 336 g/mol. The fraction of sp³-hybridized carbons (Fsp3) is 0.706. The number of aromatic nitrogens is 1. The highest BCUT2D eigenvalue weighted by atomic mass is 32.2. The highest BCUT2D eigenvalue weighted by molar-refractivity contribution is 7.92. The number of hydrogen-bond donors (Lipinski definition) is 1. The Labute approximate surface area is 137 Å². The van der Waals surface area contributed by atoms with E-state index in [1.54, 1.807) is 11.8 Å². The lowest BCUT2D eigenvalue weighted by Gasteiger charge is -2.37. The molecule has 126 valence electrons. The second-order valence-corrected chi connectivity index (χ2v) is 9.89. The number of rotatable bonds is 3. The third-order valence-electron chi connectivity index (χ3n) is 5.72. The molecule has 0 radical (unpaired) electrons. The molecule has 0 bridgehead atoms. The lowest BCUT2D eigenvalue weighted by atomic mass is 10.1. The molecule has 2 unspecified atom stereocenters. The normalized spacial score (nSPS) is 30.4. The van der Waals surface area contributed by atoms with Crippen molar-refractivity contribution in [3.05, 3.63) is 23.0 Å². The van der Waals surface area contributed by atoms with E-state index in [0.717, 1.165) is 24.1 Å². The molecule has 2 saturated carbocycles. The molecule has 4 rings (SSSR count). The summed E-state index contributed by atoms with van der Waals surface area (Å²) < 4.78 is 24.1. The Morgan fingerprint density at radius 2 is 1.83 bits per heavy atom. The number of aromatic amines is 1. The summed E-state index contributed by atoms with van der Waals surface area (Å²) in [5, 5.41) is -0.494. The molecular weight excluding hydrogens is 312 g/mol. The summed E-state index contributed by atoms with van der Waals surface area (Å²) in [7, 11) is -3.07. The molecule has 0 spiro atoms. The number of hydrogen-bond acceptors (Lipinski definition) is 3. The lowest BCUT2D eigenvalue weighted by molar-refractivity contribution is 0.0692. The third kappa shape index (κ3) is 2.61. The molecule has 1 aromatic rings. The fourth-order valence-corrected chi connectivity index (χ4v) is 5.16. The molecular formula is C17H24N2O3S. The van der Waals surface area contributed by atoms with Gasteiger partial charge in [-0.05, 0) is 57.4 Å². The van der Waals surface area contributed by atoms with Gasteiger partial charge >= 0.3 is 0 Å². The average Bonchev–Trinajstić information content (AvgIpc) is 3.43. The molecule has 2 aliphatic carbocycles. The zero-order valence-corrected chi connectivity index (χ0v) is 14.5. The van der Waals surface area contributed by atoms with Crippen molar-refractivity contribution in [1.29, 1.82) is 0 Å². The first-order valence-corrected chi connectivity index (χ1v) is 10.4. The summed E-state index contributed by atoms with van der Waals surface area (Å²) in [5.41, 5.74) is 3.07. The number of H-pyrrole nitrogens is 1. The quantitative estimate of drug-likeness (QED) is 0.921. The zero-order chi connectivity index (χ0) is 16.4. The van der Waals surface area contributed by atoms with Gasteiger partial charge in [0.1, 0.15) is 0 Å². The lowest BCUT2D eigenvalue weighted by Crippen LogP contribution is -2.54. The van der Waals surface area contributed by atoms with Gasteiger partial charge in [0, 0.05) is 24.0 Å². The van der Waals surface area contributed by atoms with Crippen molar-refractivity contribution in [2.75, 3.05) is 12.3 Å². The van der Waals surface area contributed by atoms with Crippen molar-refractivity contribution in [2.45, 2.75) is 62.7 Å². The van der Waals surface area contributed by atoms with E-state index in [2.05, 4.69) is 4.98 Å². The summed E-state index contributed by atoms with van der Waals surface area (Å²) >= 11 is 0. The largest absolute Gasteiger partial charge is 0.361 e. The molecule has 1 N–H and O–H groups in total. The predicted octanol–water partition coefficient (Wildman–Crippen LogP) is 2.42. The molecule has 1 amide bonds. The Morgan fingerprint density at radius 1 is 1.17 bits per heavy atom. The van der Waals surface area contributed by atoms with E-state index < -0.39 is 15.1 Å². The van der Waals surface area contributed by atoms with Crippen LogP contribution < -0.4 is 0 Å². The van der Waals surface area contributed by atoms with Crippen LogP contribution in [0.4, 0.5) is 0 Å². The van der Waals surface area contributed by atoms with Gasteiger partial charge in [-0.15, -0.1) is 0 Å². The molecule has 3 aliphatic rings. The van der Waals surface area contributed by atoms with Gasteiger partial charge in [-0.2, -0.15) is 0 Å². The second kappa shape index (κ2) is 5.10. The molecule has 1 aliphatic heterocycles. The summed E-state index contributed by atoms with van der Waals surface area (Å²) in [6.07, 6.45) is 4.69. The highest BCUT2D eigenvalue weighted by Crippen LogP contribution is 2.46. The summed E-state index contributed by atoms with van der Waals surface area (Å²) in [5.74, 6) is 1.15. The Kier molecular flexibility index (Phi) is 3.38. The van der Waals surface area contributed by atoms with Gasteiger partial charge in [-0.3, -0.25) is 4.79 Å². The van der Waals surface area contributed by atoms with Crippen LogP contribution in [0.3, 0.4) is 0 Å². The number of nitrogens with one attached hydrogen (secondary N) is 1. The maximum Gasteiger partial charge on any atom is 0.256 e. The Balaban J connectivity index is 1.64. The van der Waals surface area contributed by atoms with Crippen LogP contribution in [0.5, 0.6) is 0 Å². The molecule has 6 heteroatoms. The standard InChI is InChI=1S/C17H24N2O3S/c1-10-11(2)23(21,22)8-7-19(10)17(20)14-9-15(12-3-4-12)18-16(14)13-5-6-13/h9-13,18H,3-8H2,1-2H3. The highest BCUT2D eigenvalue weighted by Gasteiger charge is 2.41. The first-order valence-electron chi connectivity index (χ1n) is 8.64. The first kappa shape index (κ1) is 15.2. The van der Waals surface area contributed by atoms with Crippen LogP contribution in [0.1, 0.15) is 73.1 Å². The first-order chi connectivity index (χ1) is 10.9. The van der Waals surface area contributed by atoms with Crippen molar-refractivity contribution < 1.29 is 13.2 Å². The molecule has 5 nitrogen and oxygen atoms in total. The van der Waals surface area contributed by atoms with Crippen LogP contribution in [0, 0.1) is 0 Å². The van der Waals surface area contributed by atoms with Crippen molar-refractivity contribution in [3.8, 4) is 0 Å². The van der Waals surface area contributed by atoms with E-state index in [9.17, 15) is 13.2 Å². The minimum absolute atomic E-state index is 0.00398. The topological polar surface area (TPSA) is 70.2 Å². The number of amides is 1. The van der Waals surface area contributed by atoms with Crippen LogP contribution in [-0.4, -0.2) is 47.8 Å². The van der Waals surface area contributed by atoms with Crippen molar-refractivity contribution in [1.82, 2.24) is 9.88 Å². The predicted molar refractivity (Wildman–Crippen MR) is 88.5 cm³/mol. The number of nitrogens with zero attached hydrogens (tertiary/aromatic N) is 1. The maximum atomic E-state index is 13.1. The minimum Gasteiger partial charge on any atom is -0.361 e. The number of carbonyl (C=O) groups excluding carboxylic acids is 1. The molecule has 23 heavy (non-hydrogen) atoms. The third-order valence-corrected chi connectivity index (χ3v) is 8.00. The van der Waals surface area contributed by atoms with Gasteiger partial charge in [0.25, 0.3) is 5.91 Å². The fourth-order valence-electron chi connectivity index (χ4n) is 3.59. The van der Waals surface area contributed by atoms with Crippen molar-refractivity contribution >= 4 is 15.7 Å². The van der Waals surface area contributed by atoms with Gasteiger partial charge in [0.2, 0.25) is 0 Å². The summed E-state index contributed by atoms with van der Waals surface area (Å²) in [6, 6.07) is 1.77. The SMILES string of the molecule is CC1C(C)S(=O)(=O)CCN1C(=O)c1cc(C2CC2)[nH]c1C1CC1. The van der Waals surface area contributed by atoms with E-state index in [4.69, 9.17) is 0 Å². The van der Waals surface area contributed by atoms with Gasteiger partial charge < -0.3 is 9.88 Å². The van der Waals surface area contributed by atoms with Crippen LogP contribution in [0.15, 0.2) is 6.07 Å². The van der Waals surface area contributed by atoms with Gasteiger partial charge in [-0.1, -0.05) is 0 Å². The molecule has 3 fully saturated rings. The van der Waals surface area contributed by atoms with Crippen LogP contribution >= 0.6 is 0 Å². The van der Waals surface area contributed by atoms with Crippen LogP contribution in [0.25, 0.3) is 0 Å². The maximum absolute atomic E-state index is 13.1. The Bertz CT molecular complexity index is 744. The molecule has 2 heterocycles. The summed E-state index contributed by atoms with van der Waals surface area (Å²) in [6.45, 7) is 3.87. The van der Waals surface area contributed by atoms with Gasteiger partial charge in [0.15, 0.2) is 9.84 Å². The van der Waals surface area contributed by atoms with Gasteiger partial charge in [0.05, 0.1) is 16.6 Å². The minimum atomic E-state index is -3.07. The van der Waals surface area contributed by atoms with Crippen molar-refractivity contribution in [2.24, 2.45) is 0 Å². The van der Waals surface area contributed by atoms with E-state index in [1.807, 2.05) is 13.0 Å². The Hall–Kier alpha value is -1.30. The van der Waals surface area contributed by atoms with E-state index in [0.29, 0.717) is 18.4 Å². The molecule has 1 aromatic heterocycles. The summed E-state index contributed by atoms with van der Waals surface area (Å²) in [4.78, 5) is 18.4. The van der Waals surface area contributed by atoms with E-state index in [1.165, 1.54) is 18.5 Å².